The maximum atomic E-state index is 12.1. The molecule has 19 heavy (non-hydrogen) atoms. The van der Waals surface area contributed by atoms with Crippen LogP contribution in [-0.4, -0.2) is 47.5 Å². The maximum Gasteiger partial charge on any atom is 0.238 e. The average molecular weight is 283 g/mol. The molecule has 2 N–H and O–H groups in total. The fourth-order valence-electron chi connectivity index (χ4n) is 2.16. The van der Waals surface area contributed by atoms with Crippen LogP contribution in [0.25, 0.3) is 0 Å². The van der Waals surface area contributed by atoms with Gasteiger partial charge in [-0.1, -0.05) is 11.6 Å². The van der Waals surface area contributed by atoms with E-state index in [1.807, 2.05) is 0 Å². The van der Waals surface area contributed by atoms with Crippen molar-refractivity contribution in [1.29, 1.82) is 0 Å². The van der Waals surface area contributed by atoms with E-state index in [4.69, 9.17) is 11.6 Å². The van der Waals surface area contributed by atoms with Crippen molar-refractivity contribution < 1.29 is 4.79 Å². The van der Waals surface area contributed by atoms with Gasteiger partial charge < -0.3 is 10.6 Å². The maximum absolute atomic E-state index is 12.1. The normalized spacial score (nSPS) is 19.1. The summed E-state index contributed by atoms with van der Waals surface area (Å²) >= 11 is 5.92. The highest BCUT2D eigenvalue weighted by molar-refractivity contribution is 6.32. The molecular formula is C13H19ClN4O. The Hall–Kier alpha value is -1.17. The summed E-state index contributed by atoms with van der Waals surface area (Å²) in [5.41, 5.74) is 0.538. The molecule has 1 aromatic rings. The minimum Gasteiger partial charge on any atom is -0.322 e. The molecule has 2 heterocycles. The number of aromatic nitrogens is 1. The first-order chi connectivity index (χ1) is 8.99. The number of halogens is 1. The van der Waals surface area contributed by atoms with Crippen LogP contribution in [0.5, 0.6) is 0 Å². The van der Waals surface area contributed by atoms with Crippen molar-refractivity contribution in [2.45, 2.75) is 19.4 Å². The molecule has 0 bridgehead atoms. The number of nitrogens with zero attached hydrogens (tertiary/aromatic N) is 2. The number of carbonyl (C=O) groups is 1. The van der Waals surface area contributed by atoms with Crippen LogP contribution >= 0.6 is 11.6 Å². The predicted octanol–water partition coefficient (Wildman–Crippen LogP) is 1.36. The van der Waals surface area contributed by atoms with E-state index in [2.05, 4.69) is 34.4 Å². The highest BCUT2D eigenvalue weighted by Gasteiger charge is 2.30. The van der Waals surface area contributed by atoms with Crippen LogP contribution in [0.4, 0.5) is 5.69 Å². The molecule has 0 aromatic carbocycles. The Balaban J connectivity index is 1.96. The molecular weight excluding hydrogens is 264 g/mol. The monoisotopic (exact) mass is 282 g/mol. The van der Waals surface area contributed by atoms with Gasteiger partial charge in [0.15, 0.2) is 5.15 Å². The average Bonchev–Trinajstić information content (AvgIpc) is 2.35. The number of rotatable bonds is 3. The summed E-state index contributed by atoms with van der Waals surface area (Å²) in [4.78, 5) is 18.2. The molecule has 5 nitrogen and oxygen atoms in total. The number of nitrogens with one attached hydrogen (secondary N) is 2. The first-order valence-corrected chi connectivity index (χ1v) is 6.73. The molecule has 1 aromatic heterocycles. The number of anilines is 1. The van der Waals surface area contributed by atoms with Gasteiger partial charge in [-0.05, 0) is 26.0 Å². The number of pyridine rings is 1. The van der Waals surface area contributed by atoms with E-state index in [9.17, 15) is 4.79 Å². The lowest BCUT2D eigenvalue weighted by Gasteiger charge is -2.42. The van der Waals surface area contributed by atoms with Crippen LogP contribution in [-0.2, 0) is 4.79 Å². The molecule has 0 atom stereocenters. The van der Waals surface area contributed by atoms with Crippen molar-refractivity contribution in [1.82, 2.24) is 15.2 Å². The number of hydrogen-bond donors (Lipinski definition) is 2. The summed E-state index contributed by atoms with van der Waals surface area (Å²) in [6, 6.07) is 3.49. The minimum absolute atomic E-state index is 0.0195. The summed E-state index contributed by atoms with van der Waals surface area (Å²) in [6.45, 7) is 7.27. The first kappa shape index (κ1) is 14.2. The molecule has 0 spiro atoms. The van der Waals surface area contributed by atoms with Gasteiger partial charge in [0.25, 0.3) is 0 Å². The minimum atomic E-state index is -0.0649. The third kappa shape index (κ3) is 3.65. The Labute approximate surface area is 118 Å². The van der Waals surface area contributed by atoms with E-state index in [-0.39, 0.29) is 11.4 Å². The van der Waals surface area contributed by atoms with Gasteiger partial charge in [0, 0.05) is 31.4 Å². The molecule has 2 rings (SSSR count). The zero-order valence-electron chi connectivity index (χ0n) is 11.2. The molecule has 1 amide bonds. The molecule has 1 saturated heterocycles. The molecule has 0 saturated carbocycles. The van der Waals surface area contributed by atoms with Gasteiger partial charge in [0.05, 0.1) is 12.2 Å². The van der Waals surface area contributed by atoms with Gasteiger partial charge >= 0.3 is 0 Å². The van der Waals surface area contributed by atoms with Gasteiger partial charge in [-0.25, -0.2) is 4.98 Å². The Morgan fingerprint density at radius 3 is 3.11 bits per heavy atom. The van der Waals surface area contributed by atoms with E-state index in [0.29, 0.717) is 17.4 Å². The lowest BCUT2D eigenvalue weighted by molar-refractivity contribution is -0.119. The Kier molecular flexibility index (Phi) is 4.39. The molecule has 0 aliphatic carbocycles. The smallest absolute Gasteiger partial charge is 0.238 e. The lowest BCUT2D eigenvalue weighted by atomic mass is 10.0. The number of piperazine rings is 1. The van der Waals surface area contributed by atoms with Crippen LogP contribution in [0, 0.1) is 0 Å². The molecule has 6 heteroatoms. The molecule has 1 aliphatic heterocycles. The highest BCUT2D eigenvalue weighted by atomic mass is 35.5. The second-order valence-corrected chi connectivity index (χ2v) is 5.66. The topological polar surface area (TPSA) is 57.3 Å². The number of carbonyl (C=O) groups excluding carboxylic acids is 1. The second kappa shape index (κ2) is 5.86. The molecule has 1 aliphatic rings. The fraction of sp³-hybridized carbons (Fsp3) is 0.538. The van der Waals surface area contributed by atoms with Gasteiger partial charge in [-0.3, -0.25) is 9.69 Å². The Morgan fingerprint density at radius 2 is 2.42 bits per heavy atom. The van der Waals surface area contributed by atoms with Crippen molar-refractivity contribution in [2.24, 2.45) is 0 Å². The largest absolute Gasteiger partial charge is 0.322 e. The summed E-state index contributed by atoms with van der Waals surface area (Å²) in [6.07, 6.45) is 1.59. The zero-order valence-corrected chi connectivity index (χ0v) is 12.0. The number of hydrogen-bond acceptors (Lipinski definition) is 4. The zero-order chi connectivity index (χ0) is 13.9. The Bertz CT molecular complexity index is 464. The van der Waals surface area contributed by atoms with Gasteiger partial charge in [0.2, 0.25) is 5.91 Å². The number of amides is 1. The lowest BCUT2D eigenvalue weighted by Crippen LogP contribution is -2.59. The Morgan fingerprint density at radius 1 is 1.63 bits per heavy atom. The summed E-state index contributed by atoms with van der Waals surface area (Å²) in [5, 5.41) is 6.45. The fourth-order valence-corrected chi connectivity index (χ4v) is 2.32. The van der Waals surface area contributed by atoms with Crippen LogP contribution in [0.3, 0.4) is 0 Å². The molecule has 104 valence electrons. The summed E-state index contributed by atoms with van der Waals surface area (Å²) < 4.78 is 0. The van der Waals surface area contributed by atoms with Crippen molar-refractivity contribution in [3.05, 3.63) is 23.5 Å². The molecule has 1 fully saturated rings. The van der Waals surface area contributed by atoms with Crippen molar-refractivity contribution in [2.75, 3.05) is 31.5 Å². The second-order valence-electron chi connectivity index (χ2n) is 5.30. The quantitative estimate of drug-likeness (QED) is 0.822. The first-order valence-electron chi connectivity index (χ1n) is 6.35. The van der Waals surface area contributed by atoms with Crippen molar-refractivity contribution in [3.63, 3.8) is 0 Å². The van der Waals surface area contributed by atoms with Crippen LogP contribution < -0.4 is 10.6 Å². The summed E-state index contributed by atoms with van der Waals surface area (Å²) in [7, 11) is 0. The SMILES string of the molecule is CC1(C)CNCCN1CC(=O)Nc1cccnc1Cl. The van der Waals surface area contributed by atoms with Gasteiger partial charge in [-0.2, -0.15) is 0 Å². The summed E-state index contributed by atoms with van der Waals surface area (Å²) in [5.74, 6) is -0.0649. The van der Waals surface area contributed by atoms with E-state index >= 15 is 0 Å². The third-order valence-electron chi connectivity index (χ3n) is 3.34. The van der Waals surface area contributed by atoms with Crippen molar-refractivity contribution in [3.8, 4) is 0 Å². The standard InChI is InChI=1S/C13H19ClN4O/c1-13(2)9-15-6-7-18(13)8-11(19)17-10-4-3-5-16-12(10)14/h3-5,15H,6-9H2,1-2H3,(H,17,19). The molecule has 0 unspecified atom stereocenters. The van der Waals surface area contributed by atoms with Gasteiger partial charge in [0.1, 0.15) is 0 Å². The molecule has 0 radical (unpaired) electrons. The van der Waals surface area contributed by atoms with Gasteiger partial charge in [-0.15, -0.1) is 0 Å². The van der Waals surface area contributed by atoms with Crippen LogP contribution in [0.2, 0.25) is 5.15 Å². The predicted molar refractivity (Wildman–Crippen MR) is 76.4 cm³/mol. The van der Waals surface area contributed by atoms with E-state index < -0.39 is 0 Å². The van der Waals surface area contributed by atoms with E-state index in [1.165, 1.54) is 0 Å². The van der Waals surface area contributed by atoms with Crippen molar-refractivity contribution >= 4 is 23.2 Å². The van der Waals surface area contributed by atoms with E-state index in [1.54, 1.807) is 18.3 Å². The highest BCUT2D eigenvalue weighted by Crippen LogP contribution is 2.19. The van der Waals surface area contributed by atoms with E-state index in [0.717, 1.165) is 19.6 Å². The van der Waals surface area contributed by atoms with Crippen LogP contribution in [0.15, 0.2) is 18.3 Å². The third-order valence-corrected chi connectivity index (χ3v) is 3.64. The van der Waals surface area contributed by atoms with Crippen LogP contribution in [0.1, 0.15) is 13.8 Å².